The molecule has 0 aliphatic carbocycles. The Kier molecular flexibility index (Phi) is 7.86. The number of thiophene rings is 1. The average Bonchev–Trinajstić information content (AvgIpc) is 3.30. The van der Waals surface area contributed by atoms with Crippen LogP contribution in [0.1, 0.15) is 34.5 Å². The van der Waals surface area contributed by atoms with E-state index in [-0.39, 0.29) is 25.1 Å². The minimum Gasteiger partial charge on any atom is -0.462 e. The van der Waals surface area contributed by atoms with Crippen LogP contribution >= 0.6 is 11.3 Å². The Morgan fingerprint density at radius 2 is 1.44 bits per heavy atom. The standard InChI is InChI=1S/C28H26N2O3S/c1-2-33-28(32)23-18-24(20-12-6-3-7-13-20)34-27(23)30-25(31)19-29-26(21-14-8-4-9-15-21)22-16-10-5-11-17-22/h3-18,26,29H,2,19H2,1H3,(H,30,31)/p+1. The van der Waals surface area contributed by atoms with Gasteiger partial charge in [0.2, 0.25) is 0 Å². The summed E-state index contributed by atoms with van der Waals surface area (Å²) in [6, 6.07) is 31.8. The van der Waals surface area contributed by atoms with Crippen LogP contribution in [0.3, 0.4) is 0 Å². The molecule has 0 aliphatic rings. The van der Waals surface area contributed by atoms with Crippen LogP contribution in [0.5, 0.6) is 0 Å². The molecule has 0 radical (unpaired) electrons. The Bertz CT molecular complexity index is 1190. The van der Waals surface area contributed by atoms with Crippen molar-refractivity contribution in [1.82, 2.24) is 0 Å². The number of nitrogens with two attached hydrogens (primary N) is 1. The van der Waals surface area contributed by atoms with Gasteiger partial charge in [-0.2, -0.15) is 0 Å². The number of anilines is 1. The lowest BCUT2D eigenvalue weighted by molar-refractivity contribution is -0.676. The number of quaternary nitrogens is 1. The Morgan fingerprint density at radius 3 is 2.00 bits per heavy atom. The highest BCUT2D eigenvalue weighted by molar-refractivity contribution is 7.20. The van der Waals surface area contributed by atoms with E-state index in [9.17, 15) is 9.59 Å². The minimum atomic E-state index is -0.438. The Hall–Kier alpha value is -3.74. The number of hydrogen-bond acceptors (Lipinski definition) is 4. The molecule has 1 amide bonds. The Morgan fingerprint density at radius 1 is 0.882 bits per heavy atom. The van der Waals surface area contributed by atoms with Crippen molar-refractivity contribution in [2.45, 2.75) is 13.0 Å². The fourth-order valence-electron chi connectivity index (χ4n) is 3.78. The number of benzene rings is 3. The predicted octanol–water partition coefficient (Wildman–Crippen LogP) is 4.88. The molecule has 0 aliphatic heterocycles. The predicted molar refractivity (Wildman–Crippen MR) is 136 cm³/mol. The first-order valence-electron chi connectivity index (χ1n) is 11.2. The summed E-state index contributed by atoms with van der Waals surface area (Å²) in [5, 5.41) is 5.46. The van der Waals surface area contributed by atoms with E-state index in [1.807, 2.05) is 72.0 Å². The zero-order chi connectivity index (χ0) is 23.8. The maximum Gasteiger partial charge on any atom is 0.341 e. The number of esters is 1. The van der Waals surface area contributed by atoms with Gasteiger partial charge in [-0.25, -0.2) is 4.79 Å². The molecule has 4 aromatic rings. The van der Waals surface area contributed by atoms with Gasteiger partial charge in [0.1, 0.15) is 11.0 Å². The molecule has 1 heterocycles. The molecular formula is C28H27N2O3S+. The first-order chi connectivity index (χ1) is 16.7. The molecule has 4 rings (SSSR count). The number of rotatable bonds is 9. The topological polar surface area (TPSA) is 72.0 Å². The fraction of sp³-hybridized carbons (Fsp3) is 0.143. The minimum absolute atomic E-state index is 0.0131. The van der Waals surface area contributed by atoms with Crippen LogP contribution in [0.4, 0.5) is 5.00 Å². The lowest BCUT2D eigenvalue weighted by atomic mass is 9.99. The number of ether oxygens (including phenoxy) is 1. The zero-order valence-electron chi connectivity index (χ0n) is 18.9. The van der Waals surface area contributed by atoms with Gasteiger partial charge in [-0.3, -0.25) is 4.79 Å². The van der Waals surface area contributed by atoms with Crippen LogP contribution in [0.15, 0.2) is 97.1 Å². The van der Waals surface area contributed by atoms with Crippen LogP contribution in [0, 0.1) is 0 Å². The molecule has 0 unspecified atom stereocenters. The molecule has 3 N–H and O–H groups in total. The average molecular weight is 472 g/mol. The van der Waals surface area contributed by atoms with Gasteiger partial charge in [0.15, 0.2) is 6.54 Å². The number of carbonyl (C=O) groups is 2. The van der Waals surface area contributed by atoms with Crippen LogP contribution in [-0.4, -0.2) is 25.0 Å². The molecule has 0 bridgehead atoms. The van der Waals surface area contributed by atoms with Crippen molar-refractivity contribution in [3.8, 4) is 10.4 Å². The maximum absolute atomic E-state index is 13.0. The number of amides is 1. The van der Waals surface area contributed by atoms with Crippen molar-refractivity contribution in [2.75, 3.05) is 18.5 Å². The third-order valence-electron chi connectivity index (χ3n) is 5.40. The Balaban J connectivity index is 1.52. The van der Waals surface area contributed by atoms with Gasteiger partial charge >= 0.3 is 5.97 Å². The lowest BCUT2D eigenvalue weighted by Gasteiger charge is -2.16. The van der Waals surface area contributed by atoms with E-state index in [0.717, 1.165) is 21.6 Å². The maximum atomic E-state index is 13.0. The molecule has 172 valence electrons. The van der Waals surface area contributed by atoms with Gasteiger partial charge in [-0.15, -0.1) is 11.3 Å². The van der Waals surface area contributed by atoms with E-state index in [0.29, 0.717) is 10.6 Å². The van der Waals surface area contributed by atoms with Crippen molar-refractivity contribution >= 4 is 28.2 Å². The van der Waals surface area contributed by atoms with E-state index in [2.05, 4.69) is 29.6 Å². The second-order valence-electron chi connectivity index (χ2n) is 7.73. The van der Waals surface area contributed by atoms with Crippen LogP contribution in [0.25, 0.3) is 10.4 Å². The van der Waals surface area contributed by atoms with Gasteiger partial charge in [0, 0.05) is 16.0 Å². The third-order valence-corrected chi connectivity index (χ3v) is 6.49. The van der Waals surface area contributed by atoms with E-state index in [1.165, 1.54) is 11.3 Å². The molecule has 34 heavy (non-hydrogen) atoms. The summed E-state index contributed by atoms with van der Waals surface area (Å²) >= 11 is 1.38. The summed E-state index contributed by atoms with van der Waals surface area (Å²) in [5.74, 6) is -0.615. The number of hydrogen-bond donors (Lipinski definition) is 2. The molecule has 0 atom stereocenters. The molecule has 6 heteroatoms. The molecule has 5 nitrogen and oxygen atoms in total. The van der Waals surface area contributed by atoms with E-state index >= 15 is 0 Å². The van der Waals surface area contributed by atoms with Crippen LogP contribution in [-0.2, 0) is 9.53 Å². The van der Waals surface area contributed by atoms with Crippen molar-refractivity contribution in [2.24, 2.45) is 0 Å². The largest absolute Gasteiger partial charge is 0.462 e. The molecular weight excluding hydrogens is 444 g/mol. The first-order valence-corrected chi connectivity index (χ1v) is 12.1. The zero-order valence-corrected chi connectivity index (χ0v) is 19.8. The van der Waals surface area contributed by atoms with Gasteiger partial charge in [-0.1, -0.05) is 91.0 Å². The Labute approximate surface area is 203 Å². The highest BCUT2D eigenvalue weighted by atomic mass is 32.1. The summed E-state index contributed by atoms with van der Waals surface area (Å²) in [6.07, 6.45) is 0. The normalized spacial score (nSPS) is 10.8. The van der Waals surface area contributed by atoms with Gasteiger partial charge < -0.3 is 15.4 Å². The molecule has 0 saturated heterocycles. The van der Waals surface area contributed by atoms with Crippen molar-refractivity contribution in [1.29, 1.82) is 0 Å². The summed E-state index contributed by atoms with van der Waals surface area (Å²) in [4.78, 5) is 26.4. The molecule has 1 aromatic heterocycles. The fourth-order valence-corrected chi connectivity index (χ4v) is 4.84. The third kappa shape index (κ3) is 5.78. The molecule has 0 spiro atoms. The quantitative estimate of drug-likeness (QED) is 0.342. The highest BCUT2D eigenvalue weighted by Gasteiger charge is 2.22. The molecule has 0 saturated carbocycles. The van der Waals surface area contributed by atoms with Crippen LogP contribution < -0.4 is 10.6 Å². The second kappa shape index (κ2) is 11.4. The summed E-state index contributed by atoms with van der Waals surface area (Å²) < 4.78 is 5.22. The first kappa shape index (κ1) is 23.4. The molecule has 0 fully saturated rings. The van der Waals surface area contributed by atoms with E-state index < -0.39 is 5.97 Å². The van der Waals surface area contributed by atoms with Crippen LogP contribution in [0.2, 0.25) is 0 Å². The van der Waals surface area contributed by atoms with Gasteiger partial charge in [0.25, 0.3) is 5.91 Å². The smallest absolute Gasteiger partial charge is 0.341 e. The van der Waals surface area contributed by atoms with E-state index in [1.54, 1.807) is 13.0 Å². The van der Waals surface area contributed by atoms with Gasteiger partial charge in [0.05, 0.1) is 12.2 Å². The highest BCUT2D eigenvalue weighted by Crippen LogP contribution is 2.35. The monoisotopic (exact) mass is 471 g/mol. The van der Waals surface area contributed by atoms with Crippen molar-refractivity contribution in [3.05, 3.63) is 114 Å². The van der Waals surface area contributed by atoms with E-state index in [4.69, 9.17) is 4.74 Å². The summed E-state index contributed by atoms with van der Waals surface area (Å²) in [7, 11) is 0. The summed E-state index contributed by atoms with van der Waals surface area (Å²) in [6.45, 7) is 2.24. The number of nitrogens with one attached hydrogen (secondary N) is 1. The number of carbonyl (C=O) groups excluding carboxylic acids is 2. The van der Waals surface area contributed by atoms with Crippen molar-refractivity contribution in [3.63, 3.8) is 0 Å². The second-order valence-corrected chi connectivity index (χ2v) is 8.78. The summed E-state index contributed by atoms with van der Waals surface area (Å²) in [5.41, 5.74) is 3.60. The lowest BCUT2D eigenvalue weighted by Crippen LogP contribution is -2.87. The SMILES string of the molecule is CCOC(=O)c1cc(-c2ccccc2)sc1NC(=O)C[NH2+]C(c1ccccc1)c1ccccc1. The van der Waals surface area contributed by atoms with Gasteiger partial charge in [-0.05, 0) is 18.6 Å². The molecule has 3 aromatic carbocycles. The van der Waals surface area contributed by atoms with Crippen molar-refractivity contribution < 1.29 is 19.6 Å².